The SMILES string of the molecule is Cc1cc(C)cc(-c2cc(OS(=O)(=O)C(F)(F)F)c3c(=O)c4ccccc4oc3c2)c1. The Morgan fingerprint density at radius 2 is 1.48 bits per heavy atom. The molecular formula is C22H15F3O5S. The van der Waals surface area contributed by atoms with Gasteiger partial charge in [0.25, 0.3) is 0 Å². The fourth-order valence-electron chi connectivity index (χ4n) is 3.43. The minimum Gasteiger partial charge on any atom is -0.456 e. The van der Waals surface area contributed by atoms with Crippen molar-refractivity contribution in [2.45, 2.75) is 19.4 Å². The number of fused-ring (bicyclic) bond motifs is 2. The largest absolute Gasteiger partial charge is 0.534 e. The van der Waals surface area contributed by atoms with E-state index in [0.717, 1.165) is 17.2 Å². The lowest BCUT2D eigenvalue weighted by atomic mass is 9.99. The van der Waals surface area contributed by atoms with Crippen molar-refractivity contribution in [3.8, 4) is 16.9 Å². The zero-order valence-corrected chi connectivity index (χ0v) is 17.1. The fourth-order valence-corrected chi connectivity index (χ4v) is 3.89. The third-order valence-electron chi connectivity index (χ3n) is 4.68. The van der Waals surface area contributed by atoms with E-state index < -0.39 is 26.8 Å². The van der Waals surface area contributed by atoms with Gasteiger partial charge in [-0.1, -0.05) is 41.5 Å². The molecule has 1 heterocycles. The van der Waals surface area contributed by atoms with E-state index in [1.165, 1.54) is 18.2 Å². The summed E-state index contributed by atoms with van der Waals surface area (Å²) >= 11 is 0. The average molecular weight is 448 g/mol. The van der Waals surface area contributed by atoms with Gasteiger partial charge in [0.15, 0.2) is 5.75 Å². The van der Waals surface area contributed by atoms with E-state index in [1.54, 1.807) is 24.3 Å². The van der Waals surface area contributed by atoms with Crippen molar-refractivity contribution < 1.29 is 30.2 Å². The molecule has 0 amide bonds. The Hall–Kier alpha value is -3.33. The van der Waals surface area contributed by atoms with Gasteiger partial charge in [0, 0.05) is 0 Å². The molecule has 0 spiro atoms. The summed E-state index contributed by atoms with van der Waals surface area (Å²) < 4.78 is 72.5. The highest BCUT2D eigenvalue weighted by atomic mass is 32.2. The average Bonchev–Trinajstić information content (AvgIpc) is 2.66. The molecule has 0 atom stereocenters. The smallest absolute Gasteiger partial charge is 0.456 e. The van der Waals surface area contributed by atoms with E-state index in [1.807, 2.05) is 19.9 Å². The van der Waals surface area contributed by atoms with Gasteiger partial charge in [0.1, 0.15) is 16.6 Å². The predicted octanol–water partition coefficient (Wildman–Crippen LogP) is 5.46. The molecule has 0 saturated carbocycles. The van der Waals surface area contributed by atoms with Gasteiger partial charge in [-0.3, -0.25) is 4.79 Å². The van der Waals surface area contributed by atoms with E-state index in [4.69, 9.17) is 4.42 Å². The van der Waals surface area contributed by atoms with Crippen LogP contribution in [0.1, 0.15) is 11.1 Å². The standard InChI is InChI=1S/C22H15F3O5S/c1-12-7-13(2)9-14(8-12)15-10-18-20(19(11-15)30-31(27,28)22(23,24)25)21(26)16-5-3-4-6-17(16)29-18/h3-11H,1-2H3. The van der Waals surface area contributed by atoms with Gasteiger partial charge < -0.3 is 8.60 Å². The van der Waals surface area contributed by atoms with Crippen LogP contribution >= 0.6 is 0 Å². The Labute approximate surface area is 174 Å². The van der Waals surface area contributed by atoms with Crippen molar-refractivity contribution in [1.29, 1.82) is 0 Å². The highest BCUT2D eigenvalue weighted by molar-refractivity contribution is 7.88. The van der Waals surface area contributed by atoms with Crippen molar-refractivity contribution in [2.75, 3.05) is 0 Å². The lowest BCUT2D eigenvalue weighted by Crippen LogP contribution is -2.28. The number of aryl methyl sites for hydroxylation is 2. The van der Waals surface area contributed by atoms with Crippen LogP contribution in [0.4, 0.5) is 13.2 Å². The molecule has 0 aliphatic rings. The fraction of sp³-hybridized carbons (Fsp3) is 0.136. The summed E-state index contributed by atoms with van der Waals surface area (Å²) in [4.78, 5) is 13.0. The molecule has 0 N–H and O–H groups in total. The van der Waals surface area contributed by atoms with Gasteiger partial charge in [-0.25, -0.2) is 0 Å². The Balaban J connectivity index is 2.08. The number of hydrogen-bond donors (Lipinski definition) is 0. The molecule has 1 aromatic heterocycles. The van der Waals surface area contributed by atoms with Crippen LogP contribution in [-0.4, -0.2) is 13.9 Å². The first-order valence-electron chi connectivity index (χ1n) is 9.05. The van der Waals surface area contributed by atoms with Crippen LogP contribution in [0.2, 0.25) is 0 Å². The van der Waals surface area contributed by atoms with E-state index in [2.05, 4.69) is 4.18 Å². The zero-order valence-electron chi connectivity index (χ0n) is 16.3. The van der Waals surface area contributed by atoms with Gasteiger partial charge in [0.05, 0.1) is 5.39 Å². The predicted molar refractivity (Wildman–Crippen MR) is 111 cm³/mol. The van der Waals surface area contributed by atoms with Crippen LogP contribution in [0.15, 0.2) is 63.8 Å². The van der Waals surface area contributed by atoms with Crippen LogP contribution in [0, 0.1) is 13.8 Å². The molecule has 4 aromatic rings. The van der Waals surface area contributed by atoms with Gasteiger partial charge in [0.2, 0.25) is 5.43 Å². The molecule has 5 nitrogen and oxygen atoms in total. The molecule has 0 aliphatic carbocycles. The van der Waals surface area contributed by atoms with Gasteiger partial charge in [-0.15, -0.1) is 0 Å². The zero-order chi connectivity index (χ0) is 22.6. The Morgan fingerprint density at radius 1 is 0.871 bits per heavy atom. The lowest BCUT2D eigenvalue weighted by molar-refractivity contribution is -0.0499. The van der Waals surface area contributed by atoms with Crippen LogP contribution in [0.3, 0.4) is 0 Å². The number of hydrogen-bond acceptors (Lipinski definition) is 5. The third-order valence-corrected chi connectivity index (χ3v) is 5.65. The molecule has 4 rings (SSSR count). The molecule has 9 heteroatoms. The maximum Gasteiger partial charge on any atom is 0.534 e. The van der Waals surface area contributed by atoms with Gasteiger partial charge in [-0.05, 0) is 49.2 Å². The maximum absolute atomic E-state index is 13.0. The second kappa shape index (κ2) is 7.12. The Kier molecular flexibility index (Phi) is 4.81. The number of para-hydroxylation sites is 1. The van der Waals surface area contributed by atoms with Crippen molar-refractivity contribution in [1.82, 2.24) is 0 Å². The monoisotopic (exact) mass is 448 g/mol. The normalized spacial score (nSPS) is 12.4. The van der Waals surface area contributed by atoms with Gasteiger partial charge in [-0.2, -0.15) is 21.6 Å². The summed E-state index contributed by atoms with van der Waals surface area (Å²) in [6.45, 7) is 3.69. The number of benzene rings is 3. The quantitative estimate of drug-likeness (QED) is 0.236. The molecule has 0 aliphatic heterocycles. The van der Waals surface area contributed by atoms with Crippen LogP contribution in [0.25, 0.3) is 33.1 Å². The van der Waals surface area contributed by atoms with E-state index in [0.29, 0.717) is 11.1 Å². The minimum absolute atomic E-state index is 0.0865. The summed E-state index contributed by atoms with van der Waals surface area (Å²) in [6, 6.07) is 14.2. The first kappa shape index (κ1) is 20.9. The molecule has 0 bridgehead atoms. The molecule has 0 radical (unpaired) electrons. The minimum atomic E-state index is -6.01. The summed E-state index contributed by atoms with van der Waals surface area (Å²) in [7, 11) is -6.01. The molecule has 0 unspecified atom stereocenters. The molecular weight excluding hydrogens is 433 g/mol. The summed E-state index contributed by atoms with van der Waals surface area (Å²) in [5.74, 6) is -0.747. The second-order valence-corrected chi connectivity index (χ2v) is 8.67. The van der Waals surface area contributed by atoms with Gasteiger partial charge >= 0.3 is 15.6 Å². The van der Waals surface area contributed by atoms with Crippen molar-refractivity contribution >= 4 is 32.1 Å². The summed E-state index contributed by atoms with van der Waals surface area (Å²) in [5, 5.41) is -0.303. The number of alkyl halides is 3. The van der Waals surface area contributed by atoms with E-state index in [-0.39, 0.29) is 21.9 Å². The van der Waals surface area contributed by atoms with E-state index in [9.17, 15) is 26.4 Å². The van der Waals surface area contributed by atoms with Crippen LogP contribution in [0.5, 0.6) is 5.75 Å². The highest BCUT2D eigenvalue weighted by Crippen LogP contribution is 2.36. The number of rotatable bonds is 3. The first-order chi connectivity index (χ1) is 14.5. The van der Waals surface area contributed by atoms with Crippen LogP contribution in [-0.2, 0) is 10.1 Å². The molecule has 0 fully saturated rings. The van der Waals surface area contributed by atoms with Crippen molar-refractivity contribution in [3.63, 3.8) is 0 Å². The molecule has 160 valence electrons. The maximum atomic E-state index is 13.0. The Bertz CT molecular complexity index is 1480. The van der Waals surface area contributed by atoms with E-state index >= 15 is 0 Å². The van der Waals surface area contributed by atoms with Crippen molar-refractivity contribution in [2.24, 2.45) is 0 Å². The lowest BCUT2D eigenvalue weighted by Gasteiger charge is -2.14. The molecule has 31 heavy (non-hydrogen) atoms. The summed E-state index contributed by atoms with van der Waals surface area (Å²) in [6.07, 6.45) is 0. The first-order valence-corrected chi connectivity index (χ1v) is 10.5. The van der Waals surface area contributed by atoms with Crippen molar-refractivity contribution in [3.05, 3.63) is 75.9 Å². The molecule has 0 saturated heterocycles. The second-order valence-electron chi connectivity index (χ2n) is 7.13. The van der Waals surface area contributed by atoms with Crippen LogP contribution < -0.4 is 9.61 Å². The Morgan fingerprint density at radius 3 is 2.13 bits per heavy atom. The highest BCUT2D eigenvalue weighted by Gasteiger charge is 2.49. The third kappa shape index (κ3) is 3.76. The summed E-state index contributed by atoms with van der Waals surface area (Å²) in [5.41, 5.74) is -3.52. The topological polar surface area (TPSA) is 73.6 Å². The molecule has 3 aromatic carbocycles. The number of halogens is 3.